The van der Waals surface area contributed by atoms with E-state index < -0.39 is 0 Å². The number of aromatic nitrogens is 1. The van der Waals surface area contributed by atoms with Gasteiger partial charge in [-0.3, -0.25) is 0 Å². The van der Waals surface area contributed by atoms with Gasteiger partial charge >= 0.3 is 0 Å². The van der Waals surface area contributed by atoms with Crippen LogP contribution in [-0.2, 0) is 6.54 Å². The quantitative estimate of drug-likeness (QED) is 0.595. The van der Waals surface area contributed by atoms with E-state index in [2.05, 4.69) is 23.6 Å². The van der Waals surface area contributed by atoms with Crippen molar-refractivity contribution in [1.29, 1.82) is 0 Å². The zero-order valence-corrected chi connectivity index (χ0v) is 7.25. The summed E-state index contributed by atoms with van der Waals surface area (Å²) in [6.07, 6.45) is 5.97. The van der Waals surface area contributed by atoms with Crippen LogP contribution in [0.25, 0.3) is 0 Å². The number of allylic oxidation sites excluding steroid dienone is 1. The first-order valence-electron chi connectivity index (χ1n) is 3.54. The molecule has 1 heterocycles. The first-order chi connectivity index (χ1) is 5.33. The molecule has 1 rings (SSSR count). The van der Waals surface area contributed by atoms with Crippen LogP contribution in [0, 0.1) is 6.92 Å². The topological polar surface area (TPSA) is 3.88 Å². The SMILES string of the molecule is Cc1cc[n+](C/C=C/Cl)cc1. The van der Waals surface area contributed by atoms with Gasteiger partial charge in [0.05, 0.1) is 0 Å². The summed E-state index contributed by atoms with van der Waals surface area (Å²) < 4.78 is 2.06. The third-order valence-corrected chi connectivity index (χ3v) is 1.64. The molecule has 1 aromatic heterocycles. The second-order valence-electron chi connectivity index (χ2n) is 2.43. The molecule has 0 aliphatic rings. The van der Waals surface area contributed by atoms with Gasteiger partial charge in [-0.25, -0.2) is 4.57 Å². The third kappa shape index (κ3) is 2.72. The van der Waals surface area contributed by atoms with E-state index in [1.54, 1.807) is 0 Å². The van der Waals surface area contributed by atoms with E-state index in [0.29, 0.717) is 0 Å². The van der Waals surface area contributed by atoms with Crippen LogP contribution in [0.15, 0.2) is 36.1 Å². The second kappa shape index (κ2) is 4.14. The average Bonchev–Trinajstić information content (AvgIpc) is 2.04. The van der Waals surface area contributed by atoms with Crippen molar-refractivity contribution in [2.75, 3.05) is 0 Å². The predicted octanol–water partition coefficient (Wildman–Crippen LogP) is 2.04. The molecule has 0 N–H and O–H groups in total. The maximum atomic E-state index is 5.39. The van der Waals surface area contributed by atoms with E-state index >= 15 is 0 Å². The van der Waals surface area contributed by atoms with Crippen LogP contribution in [-0.4, -0.2) is 0 Å². The van der Waals surface area contributed by atoms with Crippen molar-refractivity contribution in [3.05, 3.63) is 41.7 Å². The standard InChI is InChI=1S/C9H11ClN/c1-9-3-7-11(8-4-9)6-2-5-10/h2-5,7-8H,6H2,1H3/q+1/b5-2+. The summed E-state index contributed by atoms with van der Waals surface area (Å²) >= 11 is 5.39. The van der Waals surface area contributed by atoms with E-state index in [-0.39, 0.29) is 0 Å². The summed E-state index contributed by atoms with van der Waals surface area (Å²) in [6.45, 7) is 2.91. The number of halogens is 1. The molecule has 0 saturated carbocycles. The summed E-state index contributed by atoms with van der Waals surface area (Å²) in [5.41, 5.74) is 2.81. The number of pyridine rings is 1. The van der Waals surface area contributed by atoms with Crippen molar-refractivity contribution in [3.8, 4) is 0 Å². The number of rotatable bonds is 2. The number of aryl methyl sites for hydroxylation is 1. The molecule has 1 aromatic rings. The van der Waals surface area contributed by atoms with Gasteiger partial charge in [-0.05, 0) is 18.6 Å². The molecule has 0 unspecified atom stereocenters. The van der Waals surface area contributed by atoms with Gasteiger partial charge < -0.3 is 0 Å². The van der Waals surface area contributed by atoms with Gasteiger partial charge in [0.1, 0.15) is 0 Å². The fourth-order valence-electron chi connectivity index (χ4n) is 0.815. The van der Waals surface area contributed by atoms with Gasteiger partial charge in [-0.1, -0.05) is 11.6 Å². The minimum atomic E-state index is 0.837. The summed E-state index contributed by atoms with van der Waals surface area (Å²) in [6, 6.07) is 4.14. The van der Waals surface area contributed by atoms with Gasteiger partial charge in [0.25, 0.3) is 0 Å². The van der Waals surface area contributed by atoms with E-state index in [0.717, 1.165) is 6.54 Å². The van der Waals surface area contributed by atoms with Crippen LogP contribution < -0.4 is 4.57 Å². The van der Waals surface area contributed by atoms with Gasteiger partial charge in [-0.2, -0.15) is 0 Å². The molecular weight excluding hydrogens is 158 g/mol. The Hall–Kier alpha value is -0.820. The first kappa shape index (κ1) is 8.28. The molecule has 0 aliphatic carbocycles. The highest BCUT2D eigenvalue weighted by molar-refractivity contribution is 6.25. The predicted molar refractivity (Wildman–Crippen MR) is 46.4 cm³/mol. The van der Waals surface area contributed by atoms with Crippen molar-refractivity contribution >= 4 is 11.6 Å². The molecule has 0 atom stereocenters. The third-order valence-electron chi connectivity index (χ3n) is 1.46. The summed E-state index contributed by atoms with van der Waals surface area (Å²) in [4.78, 5) is 0. The molecule has 0 aromatic carbocycles. The van der Waals surface area contributed by atoms with Gasteiger partial charge in [0.2, 0.25) is 0 Å². The number of hydrogen-bond donors (Lipinski definition) is 0. The van der Waals surface area contributed by atoms with Crippen molar-refractivity contribution in [3.63, 3.8) is 0 Å². The maximum absolute atomic E-state index is 5.39. The monoisotopic (exact) mass is 168 g/mol. The van der Waals surface area contributed by atoms with Crippen LogP contribution in [0.4, 0.5) is 0 Å². The Bertz CT molecular complexity index is 238. The Morgan fingerprint density at radius 3 is 2.64 bits per heavy atom. The lowest BCUT2D eigenvalue weighted by atomic mass is 10.3. The Kier molecular flexibility index (Phi) is 3.12. The zero-order valence-electron chi connectivity index (χ0n) is 6.50. The summed E-state index contributed by atoms with van der Waals surface area (Å²) in [5, 5.41) is 0. The van der Waals surface area contributed by atoms with E-state index in [1.165, 1.54) is 11.1 Å². The Morgan fingerprint density at radius 2 is 2.09 bits per heavy atom. The molecule has 0 spiro atoms. The van der Waals surface area contributed by atoms with E-state index in [1.807, 2.05) is 18.5 Å². The first-order valence-corrected chi connectivity index (χ1v) is 3.97. The highest BCUT2D eigenvalue weighted by Crippen LogP contribution is 1.89. The Balaban J connectivity index is 2.66. The van der Waals surface area contributed by atoms with Gasteiger partial charge in [-0.15, -0.1) is 0 Å². The molecule has 0 aliphatic heterocycles. The molecule has 0 amide bonds. The Labute approximate surface area is 71.9 Å². The molecule has 0 saturated heterocycles. The summed E-state index contributed by atoms with van der Waals surface area (Å²) in [5.74, 6) is 0. The second-order valence-corrected chi connectivity index (χ2v) is 2.69. The van der Waals surface area contributed by atoms with Crippen molar-refractivity contribution in [2.24, 2.45) is 0 Å². The van der Waals surface area contributed by atoms with Crippen LogP contribution in [0.1, 0.15) is 5.56 Å². The lowest BCUT2D eigenvalue weighted by Crippen LogP contribution is -2.31. The molecule has 0 fully saturated rings. The lowest BCUT2D eigenvalue weighted by molar-refractivity contribution is -0.687. The number of nitrogens with zero attached hydrogens (tertiary/aromatic N) is 1. The average molecular weight is 169 g/mol. The van der Waals surface area contributed by atoms with E-state index in [4.69, 9.17) is 11.6 Å². The van der Waals surface area contributed by atoms with Crippen LogP contribution in [0.3, 0.4) is 0 Å². The van der Waals surface area contributed by atoms with Crippen molar-refractivity contribution in [1.82, 2.24) is 0 Å². The van der Waals surface area contributed by atoms with E-state index in [9.17, 15) is 0 Å². The lowest BCUT2D eigenvalue weighted by Gasteiger charge is -1.90. The molecule has 2 heteroatoms. The molecule has 11 heavy (non-hydrogen) atoms. The van der Waals surface area contributed by atoms with Crippen LogP contribution >= 0.6 is 11.6 Å². The van der Waals surface area contributed by atoms with Crippen LogP contribution in [0.5, 0.6) is 0 Å². The highest BCUT2D eigenvalue weighted by atomic mass is 35.5. The van der Waals surface area contributed by atoms with Gasteiger partial charge in [0.15, 0.2) is 18.9 Å². The summed E-state index contributed by atoms with van der Waals surface area (Å²) in [7, 11) is 0. The molecular formula is C9H11ClN+. The minimum absolute atomic E-state index is 0.837. The van der Waals surface area contributed by atoms with Crippen molar-refractivity contribution < 1.29 is 4.57 Å². The molecule has 0 bridgehead atoms. The number of hydrogen-bond acceptors (Lipinski definition) is 0. The van der Waals surface area contributed by atoms with Crippen LogP contribution in [0.2, 0.25) is 0 Å². The maximum Gasteiger partial charge on any atom is 0.169 e. The largest absolute Gasteiger partial charge is 0.201 e. The zero-order chi connectivity index (χ0) is 8.10. The normalized spacial score (nSPS) is 10.7. The highest BCUT2D eigenvalue weighted by Gasteiger charge is 1.93. The fraction of sp³-hybridized carbons (Fsp3) is 0.222. The fourth-order valence-corrected chi connectivity index (χ4v) is 0.895. The minimum Gasteiger partial charge on any atom is -0.201 e. The molecule has 58 valence electrons. The molecule has 0 radical (unpaired) electrons. The molecule has 1 nitrogen and oxygen atoms in total. The smallest absolute Gasteiger partial charge is 0.169 e. The Morgan fingerprint density at radius 1 is 1.45 bits per heavy atom. The van der Waals surface area contributed by atoms with Crippen molar-refractivity contribution in [2.45, 2.75) is 13.5 Å². The van der Waals surface area contributed by atoms with Gasteiger partial charge in [0, 0.05) is 17.7 Å².